The minimum atomic E-state index is -0.701. The summed E-state index contributed by atoms with van der Waals surface area (Å²) in [5, 5.41) is 7.58. The van der Waals surface area contributed by atoms with Gasteiger partial charge in [-0.05, 0) is 91.4 Å². The third-order valence-corrected chi connectivity index (χ3v) is 12.3. The topological polar surface area (TPSA) is 138 Å². The minimum Gasteiger partial charge on any atom is -0.384 e. The summed E-state index contributed by atoms with van der Waals surface area (Å²) in [6, 6.07) is 14.4. The molecule has 262 valence electrons. The molecule has 2 aliphatic rings. The van der Waals surface area contributed by atoms with Crippen LogP contribution in [-0.4, -0.2) is 64.0 Å². The number of benzene rings is 2. The Morgan fingerprint density at radius 1 is 1.13 bits per heavy atom. The third-order valence-electron chi connectivity index (χ3n) is 8.35. The molecule has 0 radical (unpaired) electrons. The normalized spacial score (nSPS) is 20.7. The highest BCUT2D eigenvalue weighted by molar-refractivity contribution is 8.33. The molecule has 0 aromatic heterocycles. The average Bonchev–Trinajstić information content (AvgIpc) is 3.31. The standard InChI is InChI=1S/C29H40ClN7O2S.C5H12.C2H6/c1-5-40(3,4)24-13-15-29(16-14-24)34-26(22-7-6-8-23(30)17-22)28(39)37(29)19(2)20-9-11-21(12-10-20)27(38)33-18-25(31)35-36-32;1-5(2,3)4;1-2/h6-12,17,19,24,36H,5,13-16,18,32H2,1-4H3,(H2,31,35)(H,33,38);1-4H3;1-2H3. The average molecular weight is 688 g/mol. The van der Waals surface area contributed by atoms with Crippen molar-refractivity contribution in [3.63, 3.8) is 0 Å². The molecule has 1 atom stereocenters. The van der Waals surface area contributed by atoms with Crippen molar-refractivity contribution in [1.82, 2.24) is 15.8 Å². The number of nitrogens with zero attached hydrogens (tertiary/aromatic N) is 3. The maximum absolute atomic E-state index is 14.1. The van der Waals surface area contributed by atoms with Gasteiger partial charge in [0.05, 0.1) is 12.6 Å². The second kappa shape index (κ2) is 17.4. The van der Waals surface area contributed by atoms with Gasteiger partial charge in [0, 0.05) is 16.1 Å². The number of nitrogens with two attached hydrogens (primary N) is 2. The largest absolute Gasteiger partial charge is 0.384 e. The Kier molecular flexibility index (Phi) is 14.8. The summed E-state index contributed by atoms with van der Waals surface area (Å²) in [5.74, 6) is 6.11. The summed E-state index contributed by atoms with van der Waals surface area (Å²) in [4.78, 5) is 33.8. The Bertz CT molecular complexity index is 1390. The molecule has 6 N–H and O–H groups in total. The van der Waals surface area contributed by atoms with E-state index in [-0.39, 0.29) is 30.2 Å². The van der Waals surface area contributed by atoms with E-state index >= 15 is 0 Å². The molecule has 1 fully saturated rings. The van der Waals surface area contributed by atoms with Gasteiger partial charge >= 0.3 is 0 Å². The lowest BCUT2D eigenvalue weighted by molar-refractivity contribution is -0.132. The van der Waals surface area contributed by atoms with Crippen molar-refractivity contribution in [2.45, 2.75) is 98.0 Å². The van der Waals surface area contributed by atoms with Crippen LogP contribution in [0.2, 0.25) is 5.02 Å². The molecule has 0 bridgehead atoms. The first-order chi connectivity index (χ1) is 22.0. The second-order valence-electron chi connectivity index (χ2n) is 14.0. The summed E-state index contributed by atoms with van der Waals surface area (Å²) in [7, 11) is -0.701. The maximum atomic E-state index is 14.1. The number of hydrogen-bond donors (Lipinski definition) is 4. The molecule has 1 heterocycles. The van der Waals surface area contributed by atoms with Gasteiger partial charge < -0.3 is 16.0 Å². The van der Waals surface area contributed by atoms with Crippen LogP contribution in [0, 0.1) is 5.41 Å². The fourth-order valence-corrected chi connectivity index (χ4v) is 7.88. The van der Waals surface area contributed by atoms with Gasteiger partial charge in [-0.25, -0.2) is 21.4 Å². The molecule has 47 heavy (non-hydrogen) atoms. The number of amides is 2. The molecule has 0 saturated heterocycles. The van der Waals surface area contributed by atoms with Crippen molar-refractivity contribution in [2.75, 3.05) is 24.8 Å². The number of hydrogen-bond acceptors (Lipinski definition) is 6. The Morgan fingerprint density at radius 2 is 1.70 bits per heavy atom. The molecule has 1 aliphatic carbocycles. The van der Waals surface area contributed by atoms with Gasteiger partial charge in [-0.15, -0.1) is 0 Å². The smallest absolute Gasteiger partial charge is 0.275 e. The lowest BCUT2D eigenvalue weighted by Gasteiger charge is -2.49. The molecular formula is C36H58ClN7O2S. The number of hydrazone groups is 1. The summed E-state index contributed by atoms with van der Waals surface area (Å²) in [6.07, 6.45) is 8.59. The summed E-state index contributed by atoms with van der Waals surface area (Å²) in [6.45, 7) is 17.1. The fourth-order valence-electron chi connectivity index (χ4n) is 5.71. The molecule has 1 unspecified atom stereocenters. The van der Waals surface area contributed by atoms with Crippen molar-refractivity contribution in [3.8, 4) is 0 Å². The van der Waals surface area contributed by atoms with Gasteiger partial charge in [-0.3, -0.25) is 14.6 Å². The van der Waals surface area contributed by atoms with E-state index in [1.54, 1.807) is 18.2 Å². The molecular weight excluding hydrogens is 630 g/mol. The van der Waals surface area contributed by atoms with E-state index in [1.807, 2.05) is 56.0 Å². The molecule has 1 spiro atoms. The zero-order chi connectivity index (χ0) is 35.6. The monoisotopic (exact) mass is 687 g/mol. The van der Waals surface area contributed by atoms with E-state index in [0.29, 0.717) is 27.0 Å². The Morgan fingerprint density at radius 3 is 2.21 bits per heavy atom. The molecule has 1 aliphatic heterocycles. The first-order valence-corrected chi connectivity index (χ1v) is 19.6. The van der Waals surface area contributed by atoms with Crippen LogP contribution < -0.4 is 22.4 Å². The van der Waals surface area contributed by atoms with Crippen molar-refractivity contribution < 1.29 is 9.59 Å². The number of rotatable bonds is 9. The van der Waals surface area contributed by atoms with E-state index in [2.05, 4.69) is 63.1 Å². The summed E-state index contributed by atoms with van der Waals surface area (Å²) >= 11 is 6.29. The lowest BCUT2D eigenvalue weighted by Crippen LogP contribution is -2.51. The number of aliphatic imine (C=N–C) groups is 1. The van der Waals surface area contributed by atoms with Crippen LogP contribution in [0.4, 0.5) is 0 Å². The highest BCUT2D eigenvalue weighted by Crippen LogP contribution is 2.54. The molecule has 2 aromatic rings. The van der Waals surface area contributed by atoms with Gasteiger partial charge in [0.2, 0.25) is 0 Å². The summed E-state index contributed by atoms with van der Waals surface area (Å²) < 4.78 is 0. The number of amidine groups is 1. The van der Waals surface area contributed by atoms with Crippen molar-refractivity contribution in [3.05, 3.63) is 70.2 Å². The van der Waals surface area contributed by atoms with Crippen LogP contribution in [0.1, 0.15) is 109 Å². The highest BCUT2D eigenvalue weighted by Gasteiger charge is 2.51. The number of carbonyl (C=O) groups excluding carboxylic acids is 2. The van der Waals surface area contributed by atoms with E-state index in [1.165, 1.54) is 5.75 Å². The van der Waals surface area contributed by atoms with Gasteiger partial charge in [-0.1, -0.05) is 84.3 Å². The predicted octanol–water partition coefficient (Wildman–Crippen LogP) is 7.00. The van der Waals surface area contributed by atoms with Crippen LogP contribution in [0.15, 0.2) is 58.6 Å². The number of nitrogens with one attached hydrogen (secondary N) is 2. The van der Waals surface area contributed by atoms with Crippen molar-refractivity contribution >= 4 is 45.0 Å². The zero-order valence-corrected chi connectivity index (χ0v) is 31.7. The maximum Gasteiger partial charge on any atom is 0.275 e. The third kappa shape index (κ3) is 11.0. The first kappa shape index (κ1) is 40.1. The lowest BCUT2D eigenvalue weighted by atomic mass is 9.86. The highest BCUT2D eigenvalue weighted by atomic mass is 35.5. The van der Waals surface area contributed by atoms with E-state index < -0.39 is 15.7 Å². The first-order valence-electron chi connectivity index (χ1n) is 16.6. The van der Waals surface area contributed by atoms with Crippen molar-refractivity contribution in [1.29, 1.82) is 0 Å². The van der Waals surface area contributed by atoms with Crippen LogP contribution >= 0.6 is 21.6 Å². The fraction of sp³-hybridized carbons (Fsp3) is 0.556. The van der Waals surface area contributed by atoms with Crippen LogP contribution in [0.3, 0.4) is 0 Å². The Labute approximate surface area is 289 Å². The molecule has 1 saturated carbocycles. The van der Waals surface area contributed by atoms with Gasteiger partial charge in [-0.2, -0.15) is 5.10 Å². The predicted molar refractivity (Wildman–Crippen MR) is 202 cm³/mol. The zero-order valence-electron chi connectivity index (χ0n) is 30.1. The molecule has 11 heteroatoms. The van der Waals surface area contributed by atoms with Gasteiger partial charge in [0.15, 0.2) is 0 Å². The van der Waals surface area contributed by atoms with E-state index in [0.717, 1.165) is 36.8 Å². The van der Waals surface area contributed by atoms with Crippen LogP contribution in [0.5, 0.6) is 0 Å². The molecule has 4 rings (SSSR count). The summed E-state index contributed by atoms with van der Waals surface area (Å²) in [5.41, 5.74) is 10.3. The number of carbonyl (C=O) groups is 2. The Hall–Kier alpha value is -3.08. The van der Waals surface area contributed by atoms with Gasteiger partial charge in [0.1, 0.15) is 17.2 Å². The van der Waals surface area contributed by atoms with E-state index in [9.17, 15) is 9.59 Å². The number of hydrazine groups is 1. The second-order valence-corrected chi connectivity index (χ2v) is 18.9. The quantitative estimate of drug-likeness (QED) is 0.0974. The van der Waals surface area contributed by atoms with E-state index in [4.69, 9.17) is 28.2 Å². The molecule has 2 amide bonds. The minimum absolute atomic E-state index is 0.0626. The van der Waals surface area contributed by atoms with Crippen molar-refractivity contribution in [2.24, 2.45) is 27.1 Å². The van der Waals surface area contributed by atoms with Crippen LogP contribution in [-0.2, 0) is 4.79 Å². The molecule has 9 nitrogen and oxygen atoms in total. The SMILES string of the molecule is CC.CC(C)(C)C.CCS(C)(C)C1CCC2(CC1)N=C(c1cccc(Cl)c1)C(=O)N2C(C)c1ccc(C(=O)NC/C(N)=N/NN)cc1. The van der Waals surface area contributed by atoms with Crippen LogP contribution in [0.25, 0.3) is 0 Å². The number of halogens is 1. The molecule has 2 aromatic carbocycles. The van der Waals surface area contributed by atoms with Gasteiger partial charge in [0.25, 0.3) is 11.8 Å². The Balaban J connectivity index is 0.00000100.